The molecular weight excluding hydrogens is 335 g/mol. The molecule has 1 N–H and O–H groups in total. The molecule has 1 aliphatic heterocycles. The second kappa shape index (κ2) is 6.72. The highest BCUT2D eigenvalue weighted by Gasteiger charge is 2.17. The predicted octanol–water partition coefficient (Wildman–Crippen LogP) is 3.94. The van der Waals surface area contributed by atoms with E-state index in [-0.39, 0.29) is 5.91 Å². The number of hydrogen-bond acceptors (Lipinski definition) is 4. The highest BCUT2D eigenvalue weighted by Crippen LogP contribution is 2.23. The molecule has 0 atom stereocenters. The first-order valence-corrected chi connectivity index (χ1v) is 8.15. The first kappa shape index (κ1) is 16.0. The van der Waals surface area contributed by atoms with Crippen LogP contribution in [0.5, 0.6) is 0 Å². The van der Waals surface area contributed by atoms with Crippen molar-refractivity contribution in [3.8, 4) is 0 Å². The van der Waals surface area contributed by atoms with Crippen molar-refractivity contribution in [2.24, 2.45) is 0 Å². The Balaban J connectivity index is 1.84. The van der Waals surface area contributed by atoms with E-state index in [2.05, 4.69) is 20.2 Å². The lowest BCUT2D eigenvalue weighted by Crippen LogP contribution is -2.22. The standard InChI is InChI=1S/C16H16Cl2N4O/c1-10-19-14(9-15(20-10)22-4-2-3-5-22)16(23)21-13-7-11(17)6-12(18)8-13/h6-9H,2-5H2,1H3,(H,21,23). The van der Waals surface area contributed by atoms with Crippen molar-refractivity contribution in [3.63, 3.8) is 0 Å². The number of halogens is 2. The minimum Gasteiger partial charge on any atom is -0.356 e. The molecule has 2 heterocycles. The molecule has 0 bridgehead atoms. The molecule has 7 heteroatoms. The number of carbonyl (C=O) groups is 1. The first-order valence-electron chi connectivity index (χ1n) is 7.39. The molecule has 120 valence electrons. The van der Waals surface area contributed by atoms with Crippen molar-refractivity contribution in [3.05, 3.63) is 45.8 Å². The highest BCUT2D eigenvalue weighted by atomic mass is 35.5. The van der Waals surface area contributed by atoms with Crippen LogP contribution in [0.3, 0.4) is 0 Å². The molecule has 1 amide bonds. The number of aromatic nitrogens is 2. The number of rotatable bonds is 3. The van der Waals surface area contributed by atoms with Crippen molar-refractivity contribution in [2.45, 2.75) is 19.8 Å². The number of carbonyl (C=O) groups excluding carboxylic acids is 1. The fourth-order valence-corrected chi connectivity index (χ4v) is 3.12. The molecule has 23 heavy (non-hydrogen) atoms. The molecule has 5 nitrogen and oxygen atoms in total. The van der Waals surface area contributed by atoms with Crippen molar-refractivity contribution >= 4 is 40.6 Å². The number of nitrogens with one attached hydrogen (secondary N) is 1. The Morgan fingerprint density at radius 2 is 1.74 bits per heavy atom. The summed E-state index contributed by atoms with van der Waals surface area (Å²) in [6.45, 7) is 3.70. The van der Waals surface area contributed by atoms with Gasteiger partial charge in [0.25, 0.3) is 5.91 Å². The molecule has 0 saturated carbocycles. The van der Waals surface area contributed by atoms with E-state index >= 15 is 0 Å². The molecule has 3 rings (SSSR count). The lowest BCUT2D eigenvalue weighted by atomic mass is 10.3. The minimum atomic E-state index is -0.311. The van der Waals surface area contributed by atoms with Crippen LogP contribution in [0.15, 0.2) is 24.3 Å². The van der Waals surface area contributed by atoms with Crippen LogP contribution in [0.1, 0.15) is 29.2 Å². The number of aryl methyl sites for hydroxylation is 1. The fraction of sp³-hybridized carbons (Fsp3) is 0.312. The highest BCUT2D eigenvalue weighted by molar-refractivity contribution is 6.35. The summed E-state index contributed by atoms with van der Waals surface area (Å²) in [4.78, 5) is 23.3. The Morgan fingerprint density at radius 1 is 1.09 bits per heavy atom. The molecule has 0 aliphatic carbocycles. The summed E-state index contributed by atoms with van der Waals surface area (Å²) in [5.74, 6) is 1.06. The zero-order chi connectivity index (χ0) is 16.4. The molecule has 1 saturated heterocycles. The van der Waals surface area contributed by atoms with E-state index in [4.69, 9.17) is 23.2 Å². The maximum Gasteiger partial charge on any atom is 0.274 e. The third-order valence-corrected chi connectivity index (χ3v) is 4.04. The molecular formula is C16H16Cl2N4O. The van der Waals surface area contributed by atoms with E-state index in [9.17, 15) is 4.79 Å². The summed E-state index contributed by atoms with van der Waals surface area (Å²) in [5, 5.41) is 3.69. The average molecular weight is 351 g/mol. The zero-order valence-electron chi connectivity index (χ0n) is 12.6. The Labute approximate surface area is 144 Å². The van der Waals surface area contributed by atoms with Gasteiger partial charge in [-0.3, -0.25) is 4.79 Å². The predicted molar refractivity (Wildman–Crippen MR) is 92.6 cm³/mol. The van der Waals surface area contributed by atoms with Crippen molar-refractivity contribution in [2.75, 3.05) is 23.3 Å². The molecule has 1 aromatic heterocycles. The summed E-state index contributed by atoms with van der Waals surface area (Å²) in [6, 6.07) is 6.61. The van der Waals surface area contributed by atoms with Gasteiger partial charge in [0, 0.05) is 34.9 Å². The molecule has 2 aromatic rings. The summed E-state index contributed by atoms with van der Waals surface area (Å²) >= 11 is 11.9. The van der Waals surface area contributed by atoms with Crippen LogP contribution < -0.4 is 10.2 Å². The fourth-order valence-electron chi connectivity index (χ4n) is 2.60. The van der Waals surface area contributed by atoms with E-state index in [1.54, 1.807) is 31.2 Å². The SMILES string of the molecule is Cc1nc(C(=O)Nc2cc(Cl)cc(Cl)c2)cc(N2CCCC2)n1. The van der Waals surface area contributed by atoms with Crippen LogP contribution >= 0.6 is 23.2 Å². The lowest BCUT2D eigenvalue weighted by molar-refractivity contribution is 0.102. The van der Waals surface area contributed by atoms with Gasteiger partial charge in [0.05, 0.1) is 0 Å². The van der Waals surface area contributed by atoms with Crippen LogP contribution in [-0.4, -0.2) is 29.0 Å². The smallest absolute Gasteiger partial charge is 0.274 e. The summed E-state index contributed by atoms with van der Waals surface area (Å²) in [6.07, 6.45) is 2.29. The van der Waals surface area contributed by atoms with Gasteiger partial charge in [-0.1, -0.05) is 23.2 Å². The second-order valence-electron chi connectivity index (χ2n) is 5.46. The van der Waals surface area contributed by atoms with Crippen LogP contribution in [-0.2, 0) is 0 Å². The second-order valence-corrected chi connectivity index (χ2v) is 6.34. The van der Waals surface area contributed by atoms with Crippen LogP contribution in [0, 0.1) is 6.92 Å². The van der Waals surface area contributed by atoms with Gasteiger partial charge in [0.2, 0.25) is 0 Å². The largest absolute Gasteiger partial charge is 0.356 e. The number of hydrogen-bond donors (Lipinski definition) is 1. The topological polar surface area (TPSA) is 58.1 Å². The van der Waals surface area contributed by atoms with Gasteiger partial charge >= 0.3 is 0 Å². The molecule has 0 radical (unpaired) electrons. The molecule has 1 aromatic carbocycles. The number of amides is 1. The molecule has 1 fully saturated rings. The van der Waals surface area contributed by atoms with Gasteiger partial charge < -0.3 is 10.2 Å². The van der Waals surface area contributed by atoms with Crippen LogP contribution in [0.2, 0.25) is 10.0 Å². The maximum absolute atomic E-state index is 12.4. The van der Waals surface area contributed by atoms with Crippen molar-refractivity contribution < 1.29 is 4.79 Å². The van der Waals surface area contributed by atoms with E-state index in [0.717, 1.165) is 31.7 Å². The Morgan fingerprint density at radius 3 is 2.39 bits per heavy atom. The monoisotopic (exact) mass is 350 g/mol. The normalized spacial score (nSPS) is 14.1. The molecule has 0 spiro atoms. The van der Waals surface area contributed by atoms with Crippen LogP contribution in [0.25, 0.3) is 0 Å². The van der Waals surface area contributed by atoms with E-state index in [1.807, 2.05) is 0 Å². The van der Waals surface area contributed by atoms with E-state index < -0.39 is 0 Å². The summed E-state index contributed by atoms with van der Waals surface area (Å²) in [5.41, 5.74) is 0.863. The minimum absolute atomic E-state index is 0.311. The van der Waals surface area contributed by atoms with Gasteiger partial charge in [-0.15, -0.1) is 0 Å². The van der Waals surface area contributed by atoms with Crippen LogP contribution in [0.4, 0.5) is 11.5 Å². The Hall–Kier alpha value is -1.85. The summed E-state index contributed by atoms with van der Waals surface area (Å²) < 4.78 is 0. The quantitative estimate of drug-likeness (QED) is 0.910. The first-order chi connectivity index (χ1) is 11.0. The van der Waals surface area contributed by atoms with Gasteiger partial charge in [-0.05, 0) is 38.0 Å². The molecule has 0 unspecified atom stereocenters. The van der Waals surface area contributed by atoms with Gasteiger partial charge in [-0.2, -0.15) is 0 Å². The van der Waals surface area contributed by atoms with Gasteiger partial charge in [0.15, 0.2) is 0 Å². The maximum atomic E-state index is 12.4. The third-order valence-electron chi connectivity index (χ3n) is 3.61. The lowest BCUT2D eigenvalue weighted by Gasteiger charge is -2.17. The Bertz CT molecular complexity index is 725. The van der Waals surface area contributed by atoms with Gasteiger partial charge in [-0.25, -0.2) is 9.97 Å². The zero-order valence-corrected chi connectivity index (χ0v) is 14.2. The van der Waals surface area contributed by atoms with Crippen molar-refractivity contribution in [1.82, 2.24) is 9.97 Å². The molecule has 1 aliphatic rings. The van der Waals surface area contributed by atoms with Gasteiger partial charge in [0.1, 0.15) is 17.3 Å². The van der Waals surface area contributed by atoms with E-state index in [0.29, 0.717) is 27.3 Å². The average Bonchev–Trinajstić information content (AvgIpc) is 2.99. The van der Waals surface area contributed by atoms with E-state index in [1.165, 1.54) is 0 Å². The number of benzene rings is 1. The number of nitrogens with zero attached hydrogens (tertiary/aromatic N) is 3. The third kappa shape index (κ3) is 3.92. The Kier molecular flexibility index (Phi) is 4.68. The summed E-state index contributed by atoms with van der Waals surface area (Å²) in [7, 11) is 0. The number of anilines is 2. The van der Waals surface area contributed by atoms with Crippen molar-refractivity contribution in [1.29, 1.82) is 0 Å².